The largest absolute Gasteiger partial charge is 0.324 e. The number of hydrogen-bond acceptors (Lipinski definition) is 4. The molecular weight excluding hydrogens is 390 g/mol. The van der Waals surface area contributed by atoms with Gasteiger partial charge in [0.05, 0.1) is 17.5 Å². The number of fused-ring (bicyclic) bond motifs is 7. The molecule has 4 atom stereocenters. The van der Waals surface area contributed by atoms with Crippen LogP contribution in [0.15, 0.2) is 48.5 Å². The fourth-order valence-corrected chi connectivity index (χ4v) is 6.18. The average Bonchev–Trinajstić information content (AvgIpc) is 3.41. The number of para-hydroxylation sites is 1. The molecule has 7 heteroatoms. The van der Waals surface area contributed by atoms with E-state index in [0.717, 1.165) is 12.8 Å². The number of amides is 3. The summed E-state index contributed by atoms with van der Waals surface area (Å²) in [5.41, 5.74) is 0.762. The summed E-state index contributed by atoms with van der Waals surface area (Å²) in [5, 5.41) is 3.46. The van der Waals surface area contributed by atoms with E-state index in [4.69, 9.17) is 11.6 Å². The van der Waals surface area contributed by atoms with Gasteiger partial charge in [0.25, 0.3) is 0 Å². The fourth-order valence-electron chi connectivity index (χ4n) is 6.01. The lowest BCUT2D eigenvalue weighted by molar-refractivity contribution is -0.135. The molecule has 0 aromatic heterocycles. The Morgan fingerprint density at radius 3 is 2.62 bits per heavy atom. The number of rotatable bonds is 1. The first-order chi connectivity index (χ1) is 14.0. The first kappa shape index (κ1) is 17.2. The number of nitrogens with zero attached hydrogens (tertiary/aromatic N) is 2. The van der Waals surface area contributed by atoms with Crippen LogP contribution in [0.2, 0.25) is 5.02 Å². The van der Waals surface area contributed by atoms with E-state index in [9.17, 15) is 14.4 Å². The van der Waals surface area contributed by atoms with Crippen molar-refractivity contribution in [1.29, 1.82) is 0 Å². The minimum absolute atomic E-state index is 0.124. The molecular formula is C22H18ClN3O3. The van der Waals surface area contributed by atoms with Gasteiger partial charge in [-0.2, -0.15) is 0 Å². The third kappa shape index (κ3) is 1.93. The molecule has 4 aliphatic heterocycles. The summed E-state index contributed by atoms with van der Waals surface area (Å²) >= 11 is 6.29. The molecule has 0 radical (unpaired) electrons. The Morgan fingerprint density at radius 2 is 1.83 bits per heavy atom. The van der Waals surface area contributed by atoms with Crippen molar-refractivity contribution < 1.29 is 14.4 Å². The van der Waals surface area contributed by atoms with E-state index in [1.165, 1.54) is 4.90 Å². The number of nitrogens with one attached hydrogen (secondary N) is 1. The van der Waals surface area contributed by atoms with Crippen molar-refractivity contribution in [2.24, 2.45) is 11.8 Å². The van der Waals surface area contributed by atoms with E-state index in [2.05, 4.69) is 10.2 Å². The van der Waals surface area contributed by atoms with Gasteiger partial charge in [-0.05, 0) is 49.7 Å². The summed E-state index contributed by atoms with van der Waals surface area (Å²) in [6, 6.07) is 14.1. The van der Waals surface area contributed by atoms with Crippen LogP contribution in [0.3, 0.4) is 0 Å². The second-order valence-corrected chi connectivity index (χ2v) is 8.60. The number of hydrogen-bond donors (Lipinski definition) is 1. The van der Waals surface area contributed by atoms with E-state index >= 15 is 0 Å². The first-order valence-electron chi connectivity index (χ1n) is 9.86. The van der Waals surface area contributed by atoms with Crippen LogP contribution in [0.5, 0.6) is 0 Å². The molecule has 0 aliphatic carbocycles. The highest BCUT2D eigenvalue weighted by Crippen LogP contribution is 2.60. The van der Waals surface area contributed by atoms with Gasteiger partial charge in [0, 0.05) is 22.3 Å². The molecule has 3 fully saturated rings. The molecule has 2 aromatic rings. The molecule has 4 aliphatic rings. The van der Waals surface area contributed by atoms with Gasteiger partial charge < -0.3 is 5.32 Å². The second kappa shape index (κ2) is 5.68. The zero-order valence-corrected chi connectivity index (χ0v) is 16.2. The van der Waals surface area contributed by atoms with E-state index in [-0.39, 0.29) is 23.8 Å². The maximum atomic E-state index is 13.7. The van der Waals surface area contributed by atoms with Gasteiger partial charge in [-0.3, -0.25) is 19.3 Å². The highest BCUT2D eigenvalue weighted by Gasteiger charge is 2.74. The molecule has 3 amide bonds. The van der Waals surface area contributed by atoms with Crippen LogP contribution in [0, 0.1) is 11.8 Å². The lowest BCUT2D eigenvalue weighted by atomic mass is 9.75. The van der Waals surface area contributed by atoms with E-state index < -0.39 is 17.4 Å². The number of halogens is 1. The monoisotopic (exact) mass is 407 g/mol. The third-order valence-electron chi connectivity index (χ3n) is 6.97. The molecule has 29 heavy (non-hydrogen) atoms. The quantitative estimate of drug-likeness (QED) is 0.738. The Labute approximate surface area is 172 Å². The number of imide groups is 1. The van der Waals surface area contributed by atoms with E-state index in [1.54, 1.807) is 42.5 Å². The van der Waals surface area contributed by atoms with Gasteiger partial charge in [0.1, 0.15) is 5.54 Å². The standard InChI is InChI=1S/C22H18ClN3O3/c23-12-8-9-15-14(11-12)22(21(29)24-15)18-17(16-7-4-10-25(16)22)19(27)26(20(18)28)13-5-2-1-3-6-13/h1-3,5-6,8-9,11,16-18H,4,7,10H2,(H,24,29)/t16-,17+,18+,22+/m0/s1. The smallest absolute Gasteiger partial charge is 0.250 e. The normalized spacial score (nSPS) is 32.7. The number of carbonyl (C=O) groups excluding carboxylic acids is 3. The summed E-state index contributed by atoms with van der Waals surface area (Å²) in [7, 11) is 0. The predicted molar refractivity (Wildman–Crippen MR) is 107 cm³/mol. The Hall–Kier alpha value is -2.70. The Kier molecular flexibility index (Phi) is 3.36. The van der Waals surface area contributed by atoms with Crippen LogP contribution < -0.4 is 10.2 Å². The molecule has 6 rings (SSSR count). The maximum absolute atomic E-state index is 13.7. The summed E-state index contributed by atoms with van der Waals surface area (Å²) < 4.78 is 0. The van der Waals surface area contributed by atoms with Crippen LogP contribution >= 0.6 is 11.6 Å². The maximum Gasteiger partial charge on any atom is 0.250 e. The first-order valence-corrected chi connectivity index (χ1v) is 10.2. The fraction of sp³-hybridized carbons (Fsp3) is 0.318. The topological polar surface area (TPSA) is 69.7 Å². The van der Waals surface area contributed by atoms with Crippen molar-refractivity contribution in [2.75, 3.05) is 16.8 Å². The molecule has 3 saturated heterocycles. The number of carbonyl (C=O) groups is 3. The Bertz CT molecular complexity index is 1090. The van der Waals surface area contributed by atoms with Gasteiger partial charge in [-0.15, -0.1) is 0 Å². The van der Waals surface area contributed by atoms with Crippen molar-refractivity contribution in [1.82, 2.24) is 4.90 Å². The van der Waals surface area contributed by atoms with Crippen LogP contribution in [-0.2, 0) is 19.9 Å². The van der Waals surface area contributed by atoms with Crippen molar-refractivity contribution in [3.63, 3.8) is 0 Å². The average molecular weight is 408 g/mol. The molecule has 1 spiro atoms. The molecule has 1 N–H and O–H groups in total. The van der Waals surface area contributed by atoms with Crippen molar-refractivity contribution in [2.45, 2.75) is 24.4 Å². The zero-order chi connectivity index (χ0) is 19.9. The molecule has 146 valence electrons. The van der Waals surface area contributed by atoms with Gasteiger partial charge in [0.15, 0.2) is 0 Å². The van der Waals surface area contributed by atoms with Gasteiger partial charge in [-0.1, -0.05) is 29.8 Å². The molecule has 6 nitrogen and oxygen atoms in total. The minimum Gasteiger partial charge on any atom is -0.324 e. The van der Waals surface area contributed by atoms with Crippen molar-refractivity contribution in [3.8, 4) is 0 Å². The van der Waals surface area contributed by atoms with Crippen LogP contribution in [0.1, 0.15) is 18.4 Å². The molecule has 0 bridgehead atoms. The van der Waals surface area contributed by atoms with E-state index in [0.29, 0.717) is 28.5 Å². The van der Waals surface area contributed by atoms with Gasteiger partial charge >= 0.3 is 0 Å². The third-order valence-corrected chi connectivity index (χ3v) is 7.20. The lowest BCUT2D eigenvalue weighted by Gasteiger charge is -2.36. The summed E-state index contributed by atoms with van der Waals surface area (Å²) in [6.45, 7) is 0.683. The predicted octanol–water partition coefficient (Wildman–Crippen LogP) is 2.77. The summed E-state index contributed by atoms with van der Waals surface area (Å²) in [4.78, 5) is 44.0. The van der Waals surface area contributed by atoms with E-state index in [1.807, 2.05) is 6.07 Å². The zero-order valence-electron chi connectivity index (χ0n) is 15.5. The van der Waals surface area contributed by atoms with Crippen LogP contribution in [0.25, 0.3) is 0 Å². The summed E-state index contributed by atoms with van der Waals surface area (Å²) in [6.07, 6.45) is 1.69. The highest BCUT2D eigenvalue weighted by atomic mass is 35.5. The van der Waals surface area contributed by atoms with Gasteiger partial charge in [-0.25, -0.2) is 4.90 Å². The molecule has 0 unspecified atom stereocenters. The van der Waals surface area contributed by atoms with Crippen LogP contribution in [0.4, 0.5) is 11.4 Å². The lowest BCUT2D eigenvalue weighted by Crippen LogP contribution is -2.54. The number of anilines is 2. The second-order valence-electron chi connectivity index (χ2n) is 8.16. The Morgan fingerprint density at radius 1 is 1.03 bits per heavy atom. The van der Waals surface area contributed by atoms with Crippen molar-refractivity contribution >= 4 is 40.7 Å². The molecule has 4 heterocycles. The summed E-state index contributed by atoms with van der Waals surface area (Å²) in [5.74, 6) is -2.02. The molecule has 0 saturated carbocycles. The van der Waals surface area contributed by atoms with Crippen LogP contribution in [-0.4, -0.2) is 35.2 Å². The molecule has 2 aromatic carbocycles. The van der Waals surface area contributed by atoms with Crippen molar-refractivity contribution in [3.05, 3.63) is 59.1 Å². The Balaban J connectivity index is 1.58. The highest BCUT2D eigenvalue weighted by molar-refractivity contribution is 6.31. The minimum atomic E-state index is -1.18. The SMILES string of the molecule is O=C1[C@@H]2[C@@H]3CCCN3[C@@]3(C(=O)Nc4ccc(Cl)cc43)[C@H]2C(=O)N1c1ccccc1. The van der Waals surface area contributed by atoms with Gasteiger partial charge in [0.2, 0.25) is 17.7 Å². The number of benzene rings is 2.